The van der Waals surface area contributed by atoms with E-state index in [1.165, 1.54) is 0 Å². The molecule has 7 nitrogen and oxygen atoms in total. The molecule has 1 atom stereocenters. The maximum Gasteiger partial charge on any atom is 0.340 e. The summed E-state index contributed by atoms with van der Waals surface area (Å²) >= 11 is 0. The Morgan fingerprint density at radius 1 is 1.19 bits per heavy atom. The zero-order valence-electron chi connectivity index (χ0n) is 21.7. The Balaban J connectivity index is 1.72. The van der Waals surface area contributed by atoms with Crippen molar-refractivity contribution in [2.75, 3.05) is 23.3 Å². The molecule has 1 fully saturated rings. The van der Waals surface area contributed by atoms with Crippen LogP contribution in [-0.4, -0.2) is 40.6 Å². The fourth-order valence-corrected chi connectivity index (χ4v) is 4.43. The van der Waals surface area contributed by atoms with E-state index in [2.05, 4.69) is 16.4 Å². The van der Waals surface area contributed by atoms with Gasteiger partial charge in [0.1, 0.15) is 11.7 Å². The molecule has 1 aliphatic rings. The van der Waals surface area contributed by atoms with E-state index >= 15 is 0 Å². The molecule has 9 heteroatoms. The number of nitriles is 1. The number of esters is 1. The monoisotopic (exact) mass is 507 g/mol. The van der Waals surface area contributed by atoms with Crippen LogP contribution >= 0.6 is 0 Å². The Hall–Kier alpha value is -3.80. The number of hydrogen-bond donors (Lipinski definition) is 1. The maximum absolute atomic E-state index is 13.8. The van der Waals surface area contributed by atoms with Gasteiger partial charge in [0.05, 0.1) is 22.6 Å². The predicted octanol–water partition coefficient (Wildman–Crippen LogP) is 6.17. The van der Waals surface area contributed by atoms with E-state index in [1.807, 2.05) is 58.9 Å². The Bertz CT molecular complexity index is 1370. The Labute approximate surface area is 215 Å². The second kappa shape index (κ2) is 9.92. The van der Waals surface area contributed by atoms with E-state index in [1.54, 1.807) is 17.0 Å². The summed E-state index contributed by atoms with van der Waals surface area (Å²) in [7, 11) is 0. The van der Waals surface area contributed by atoms with Crippen molar-refractivity contribution in [2.45, 2.75) is 65.0 Å². The van der Waals surface area contributed by atoms with Crippen molar-refractivity contribution in [1.29, 1.82) is 5.26 Å². The van der Waals surface area contributed by atoms with Crippen LogP contribution in [0.15, 0.2) is 36.4 Å². The van der Waals surface area contributed by atoms with Crippen LogP contribution in [0.4, 0.5) is 20.3 Å². The minimum atomic E-state index is -2.71. The van der Waals surface area contributed by atoms with Crippen LogP contribution in [0, 0.1) is 18.3 Å². The summed E-state index contributed by atoms with van der Waals surface area (Å²) in [4.78, 5) is 23.9. The van der Waals surface area contributed by atoms with E-state index in [0.717, 1.165) is 11.1 Å². The molecule has 0 saturated carbocycles. The average Bonchev–Trinajstić information content (AvgIpc) is 2.82. The number of anilines is 2. The molecule has 194 valence electrons. The Morgan fingerprint density at radius 3 is 2.51 bits per heavy atom. The van der Waals surface area contributed by atoms with Crippen LogP contribution in [0.5, 0.6) is 0 Å². The van der Waals surface area contributed by atoms with Crippen LogP contribution in [0.2, 0.25) is 0 Å². The van der Waals surface area contributed by atoms with Crippen molar-refractivity contribution >= 4 is 28.5 Å². The molecule has 37 heavy (non-hydrogen) atoms. The van der Waals surface area contributed by atoms with Crippen LogP contribution in [-0.2, 0) is 4.74 Å². The quantitative estimate of drug-likeness (QED) is 0.413. The summed E-state index contributed by atoms with van der Waals surface area (Å²) in [6.45, 7) is 9.52. The van der Waals surface area contributed by atoms with Crippen LogP contribution in [0.3, 0.4) is 0 Å². The molecule has 1 aliphatic heterocycles. The molecule has 1 aromatic heterocycles. The minimum absolute atomic E-state index is 0.0973. The number of halogens is 2. The third-order valence-corrected chi connectivity index (χ3v) is 6.21. The summed E-state index contributed by atoms with van der Waals surface area (Å²) in [6.07, 6.45) is -0.588. The van der Waals surface area contributed by atoms with Crippen LogP contribution < -0.4 is 10.2 Å². The maximum atomic E-state index is 13.8. The zero-order valence-corrected chi connectivity index (χ0v) is 21.7. The zero-order chi connectivity index (χ0) is 27.0. The summed E-state index contributed by atoms with van der Waals surface area (Å²) in [5, 5.41) is 13.1. The number of para-hydroxylation sites is 1. The van der Waals surface area contributed by atoms with Crippen molar-refractivity contribution in [3.05, 3.63) is 58.8 Å². The number of fused-ring (bicyclic) bond motifs is 1. The molecular formula is C28H31F2N5O2. The van der Waals surface area contributed by atoms with Gasteiger partial charge in [0, 0.05) is 37.2 Å². The average molecular weight is 508 g/mol. The SMILES string of the molecule is Cc1cc(C(C)Nc2ccccc2C(=O)OC(C)(C)C)c2nc(N3CCC(F)(F)CC3)c(C#N)nc2c1. The molecule has 1 saturated heterocycles. The lowest BCUT2D eigenvalue weighted by Crippen LogP contribution is -2.40. The van der Waals surface area contributed by atoms with E-state index in [0.29, 0.717) is 28.1 Å². The van der Waals surface area contributed by atoms with Gasteiger partial charge in [-0.05, 0) is 58.4 Å². The number of alkyl halides is 2. The largest absolute Gasteiger partial charge is 0.456 e. The predicted molar refractivity (Wildman–Crippen MR) is 139 cm³/mol. The second-order valence-electron chi connectivity index (χ2n) is 10.5. The molecule has 0 amide bonds. The molecule has 2 aromatic carbocycles. The molecule has 1 unspecified atom stereocenters. The van der Waals surface area contributed by atoms with Gasteiger partial charge in [-0.15, -0.1) is 0 Å². The molecule has 0 spiro atoms. The van der Waals surface area contributed by atoms with Crippen molar-refractivity contribution in [2.24, 2.45) is 0 Å². The van der Waals surface area contributed by atoms with Gasteiger partial charge < -0.3 is 15.0 Å². The van der Waals surface area contributed by atoms with E-state index < -0.39 is 17.5 Å². The van der Waals surface area contributed by atoms with Gasteiger partial charge in [0.25, 0.3) is 5.92 Å². The highest BCUT2D eigenvalue weighted by atomic mass is 19.3. The van der Waals surface area contributed by atoms with E-state index in [4.69, 9.17) is 9.72 Å². The number of aryl methyl sites for hydroxylation is 1. The topological polar surface area (TPSA) is 91.1 Å². The standard InChI is InChI=1S/C28H31F2N5O2/c1-17-14-20(18(2)32-21-9-7-6-8-19(21)26(36)37-27(3,4)5)24-22(15-17)33-23(16-31)25(34-24)35-12-10-28(29,30)11-13-35/h6-9,14-15,18,32H,10-13H2,1-5H3. The number of carbonyl (C=O) groups excluding carboxylic acids is 1. The molecule has 2 heterocycles. The fraction of sp³-hybridized carbons (Fsp3) is 0.429. The van der Waals surface area contributed by atoms with Gasteiger partial charge in [-0.1, -0.05) is 18.2 Å². The highest BCUT2D eigenvalue weighted by Crippen LogP contribution is 2.34. The van der Waals surface area contributed by atoms with Crippen molar-refractivity contribution in [3.63, 3.8) is 0 Å². The van der Waals surface area contributed by atoms with Gasteiger partial charge in [-0.2, -0.15) is 5.26 Å². The summed E-state index contributed by atoms with van der Waals surface area (Å²) in [5.41, 5.74) is 3.37. The molecule has 0 bridgehead atoms. The molecule has 4 rings (SSSR count). The number of nitrogens with zero attached hydrogens (tertiary/aromatic N) is 4. The lowest BCUT2D eigenvalue weighted by Gasteiger charge is -2.33. The van der Waals surface area contributed by atoms with Crippen molar-refractivity contribution < 1.29 is 18.3 Å². The molecule has 0 aliphatic carbocycles. The number of piperidine rings is 1. The number of ether oxygens (including phenoxy) is 1. The van der Waals surface area contributed by atoms with Crippen LogP contribution in [0.25, 0.3) is 11.0 Å². The number of benzene rings is 2. The normalized spacial score (nSPS) is 16.2. The number of nitrogens with one attached hydrogen (secondary N) is 1. The van der Waals surface area contributed by atoms with E-state index in [-0.39, 0.29) is 37.7 Å². The highest BCUT2D eigenvalue weighted by molar-refractivity contribution is 5.96. The Kier molecular flexibility index (Phi) is 7.05. The summed E-state index contributed by atoms with van der Waals surface area (Å²) in [6, 6.07) is 12.7. The first kappa shape index (κ1) is 26.3. The molecular weight excluding hydrogens is 476 g/mol. The Morgan fingerprint density at radius 2 is 1.86 bits per heavy atom. The summed E-state index contributed by atoms with van der Waals surface area (Å²) < 4.78 is 33.1. The molecule has 1 N–H and O–H groups in total. The number of rotatable bonds is 5. The number of hydrogen-bond acceptors (Lipinski definition) is 7. The summed E-state index contributed by atoms with van der Waals surface area (Å²) in [5.74, 6) is -2.83. The lowest BCUT2D eigenvalue weighted by molar-refractivity contribution is -0.0221. The fourth-order valence-electron chi connectivity index (χ4n) is 4.43. The van der Waals surface area contributed by atoms with Crippen molar-refractivity contribution in [1.82, 2.24) is 9.97 Å². The molecule has 0 radical (unpaired) electrons. The third kappa shape index (κ3) is 5.96. The molecule has 3 aromatic rings. The second-order valence-corrected chi connectivity index (χ2v) is 10.5. The highest BCUT2D eigenvalue weighted by Gasteiger charge is 2.35. The van der Waals surface area contributed by atoms with E-state index in [9.17, 15) is 18.8 Å². The van der Waals surface area contributed by atoms with Gasteiger partial charge in [0.15, 0.2) is 11.5 Å². The third-order valence-electron chi connectivity index (χ3n) is 6.21. The number of carbonyl (C=O) groups is 1. The smallest absolute Gasteiger partial charge is 0.340 e. The first-order valence-electron chi connectivity index (χ1n) is 12.3. The van der Waals surface area contributed by atoms with Gasteiger partial charge >= 0.3 is 5.97 Å². The van der Waals surface area contributed by atoms with Gasteiger partial charge in [-0.3, -0.25) is 0 Å². The van der Waals surface area contributed by atoms with Gasteiger partial charge in [-0.25, -0.2) is 23.5 Å². The first-order valence-corrected chi connectivity index (χ1v) is 12.3. The minimum Gasteiger partial charge on any atom is -0.456 e. The number of aromatic nitrogens is 2. The van der Waals surface area contributed by atoms with Gasteiger partial charge in [0.2, 0.25) is 0 Å². The first-order chi connectivity index (χ1) is 17.4. The van der Waals surface area contributed by atoms with Crippen molar-refractivity contribution in [3.8, 4) is 6.07 Å². The lowest BCUT2D eigenvalue weighted by atomic mass is 10.0. The van der Waals surface area contributed by atoms with Crippen LogP contribution in [0.1, 0.15) is 73.8 Å².